The summed E-state index contributed by atoms with van der Waals surface area (Å²) in [7, 11) is 0. The first kappa shape index (κ1) is 17.1. The summed E-state index contributed by atoms with van der Waals surface area (Å²) in [6, 6.07) is 11.9. The topological polar surface area (TPSA) is 48.0 Å². The van der Waals surface area contributed by atoms with E-state index in [9.17, 15) is 4.79 Å². The molecule has 2 aliphatic rings. The Labute approximate surface area is 153 Å². The highest BCUT2D eigenvalue weighted by Gasteiger charge is 2.56. The molecular weight excluding hydrogens is 330 g/mol. The number of ether oxygens (including phenoxy) is 3. The van der Waals surface area contributed by atoms with Crippen LogP contribution in [-0.4, -0.2) is 32.3 Å². The zero-order valence-corrected chi connectivity index (χ0v) is 15.4. The van der Waals surface area contributed by atoms with Crippen molar-refractivity contribution in [1.82, 2.24) is 0 Å². The number of anilines is 1. The van der Waals surface area contributed by atoms with Crippen molar-refractivity contribution in [2.24, 2.45) is 0 Å². The Balaban J connectivity index is 1.61. The standard InChI is InChI=1S/C21H23NO4/c1-14-12-16(3)19-17(13-14)21(25-10-11-26-21)20(23)22(19)8-9-24-18-7-5-4-6-15(18)2/h4-7,12-13H,8-11H2,1-3H3. The zero-order chi connectivity index (χ0) is 18.3. The van der Waals surface area contributed by atoms with Gasteiger partial charge in [0, 0.05) is 5.56 Å². The average molecular weight is 353 g/mol. The molecule has 26 heavy (non-hydrogen) atoms. The molecule has 0 atom stereocenters. The number of amides is 1. The quantitative estimate of drug-likeness (QED) is 0.847. The van der Waals surface area contributed by atoms with Gasteiger partial charge in [0.15, 0.2) is 0 Å². The van der Waals surface area contributed by atoms with Crippen LogP contribution in [0.2, 0.25) is 0 Å². The lowest BCUT2D eigenvalue weighted by Crippen LogP contribution is -2.42. The van der Waals surface area contributed by atoms with Crippen LogP contribution in [0.15, 0.2) is 36.4 Å². The summed E-state index contributed by atoms with van der Waals surface area (Å²) in [5, 5.41) is 0. The molecule has 2 aromatic carbocycles. The van der Waals surface area contributed by atoms with Gasteiger partial charge in [0.2, 0.25) is 0 Å². The van der Waals surface area contributed by atoms with Gasteiger partial charge in [-0.15, -0.1) is 0 Å². The maximum Gasteiger partial charge on any atom is 0.292 e. The van der Waals surface area contributed by atoms with Gasteiger partial charge in [-0.3, -0.25) is 4.79 Å². The number of para-hydroxylation sites is 1. The van der Waals surface area contributed by atoms with E-state index in [2.05, 4.69) is 6.07 Å². The molecule has 2 heterocycles. The minimum Gasteiger partial charge on any atom is -0.491 e. The molecule has 136 valence electrons. The molecular formula is C21H23NO4. The van der Waals surface area contributed by atoms with Crippen LogP contribution in [0.1, 0.15) is 22.3 Å². The third-order valence-electron chi connectivity index (χ3n) is 4.96. The van der Waals surface area contributed by atoms with Crippen molar-refractivity contribution in [2.75, 3.05) is 31.3 Å². The molecule has 5 nitrogen and oxygen atoms in total. The molecule has 0 unspecified atom stereocenters. The first-order chi connectivity index (χ1) is 12.5. The van der Waals surface area contributed by atoms with Crippen LogP contribution in [0.3, 0.4) is 0 Å². The van der Waals surface area contributed by atoms with Crippen LogP contribution in [0.5, 0.6) is 5.75 Å². The summed E-state index contributed by atoms with van der Waals surface area (Å²) >= 11 is 0. The van der Waals surface area contributed by atoms with Crippen molar-refractivity contribution in [1.29, 1.82) is 0 Å². The van der Waals surface area contributed by atoms with E-state index < -0.39 is 5.79 Å². The molecule has 0 N–H and O–H groups in total. The van der Waals surface area contributed by atoms with Crippen LogP contribution in [0.4, 0.5) is 5.69 Å². The predicted molar refractivity (Wildman–Crippen MR) is 98.5 cm³/mol. The zero-order valence-electron chi connectivity index (χ0n) is 15.4. The Kier molecular flexibility index (Phi) is 4.21. The van der Waals surface area contributed by atoms with Crippen LogP contribution >= 0.6 is 0 Å². The molecule has 0 aliphatic carbocycles. The molecule has 1 spiro atoms. The number of hydrogen-bond donors (Lipinski definition) is 0. The first-order valence-corrected chi connectivity index (χ1v) is 8.93. The number of rotatable bonds is 4. The first-order valence-electron chi connectivity index (χ1n) is 8.93. The molecule has 2 aliphatic heterocycles. The van der Waals surface area contributed by atoms with Crippen molar-refractivity contribution in [3.63, 3.8) is 0 Å². The fourth-order valence-corrected chi connectivity index (χ4v) is 3.83. The van der Waals surface area contributed by atoms with Gasteiger partial charge in [-0.25, -0.2) is 0 Å². The third kappa shape index (κ3) is 2.59. The van der Waals surface area contributed by atoms with E-state index >= 15 is 0 Å². The number of hydrogen-bond acceptors (Lipinski definition) is 4. The van der Waals surface area contributed by atoms with Gasteiger partial charge in [-0.05, 0) is 44.0 Å². The largest absolute Gasteiger partial charge is 0.491 e. The highest BCUT2D eigenvalue weighted by Crippen LogP contribution is 2.47. The molecule has 2 aromatic rings. The second-order valence-corrected chi connectivity index (χ2v) is 6.86. The number of nitrogens with zero attached hydrogens (tertiary/aromatic N) is 1. The van der Waals surface area contributed by atoms with Gasteiger partial charge in [0.25, 0.3) is 11.7 Å². The number of carbonyl (C=O) groups excluding carboxylic acids is 1. The Morgan fingerprint density at radius 1 is 1.08 bits per heavy atom. The summed E-state index contributed by atoms with van der Waals surface area (Å²) in [5.74, 6) is -0.607. The highest BCUT2D eigenvalue weighted by molar-refractivity contribution is 6.07. The SMILES string of the molecule is Cc1cc(C)c2c(c1)C1(OCCO1)C(=O)N2CCOc1ccccc1C. The van der Waals surface area contributed by atoms with Crippen LogP contribution in [0, 0.1) is 20.8 Å². The van der Waals surface area contributed by atoms with Gasteiger partial charge < -0.3 is 19.1 Å². The maximum absolute atomic E-state index is 13.2. The second kappa shape index (κ2) is 6.41. The third-order valence-corrected chi connectivity index (χ3v) is 4.96. The van der Waals surface area contributed by atoms with Crippen molar-refractivity contribution in [3.8, 4) is 5.75 Å². The molecule has 4 rings (SSSR count). The second-order valence-electron chi connectivity index (χ2n) is 6.86. The van der Waals surface area contributed by atoms with Gasteiger partial charge >= 0.3 is 0 Å². The molecule has 0 aromatic heterocycles. The summed E-state index contributed by atoms with van der Waals surface area (Å²) in [6.45, 7) is 7.73. The molecule has 5 heteroatoms. The summed E-state index contributed by atoms with van der Waals surface area (Å²) in [5.41, 5.74) is 4.90. The Hall–Kier alpha value is -2.37. The van der Waals surface area contributed by atoms with E-state index in [1.54, 1.807) is 4.90 Å². The lowest BCUT2D eigenvalue weighted by Gasteiger charge is -2.22. The lowest BCUT2D eigenvalue weighted by molar-refractivity contribution is -0.180. The highest BCUT2D eigenvalue weighted by atomic mass is 16.7. The summed E-state index contributed by atoms with van der Waals surface area (Å²) in [6.07, 6.45) is 0. The number of fused-ring (bicyclic) bond motifs is 2. The van der Waals surface area contributed by atoms with Crippen LogP contribution in [-0.2, 0) is 20.1 Å². The lowest BCUT2D eigenvalue weighted by atomic mass is 10.0. The van der Waals surface area contributed by atoms with Crippen molar-refractivity contribution >= 4 is 11.6 Å². The van der Waals surface area contributed by atoms with Gasteiger partial charge in [-0.2, -0.15) is 0 Å². The van der Waals surface area contributed by atoms with Gasteiger partial charge in [0.05, 0.1) is 25.4 Å². The van der Waals surface area contributed by atoms with E-state index in [1.807, 2.05) is 51.1 Å². The molecule has 0 radical (unpaired) electrons. The fourth-order valence-electron chi connectivity index (χ4n) is 3.83. The smallest absolute Gasteiger partial charge is 0.292 e. The molecule has 1 fully saturated rings. The average Bonchev–Trinajstić information content (AvgIpc) is 3.18. The van der Waals surface area contributed by atoms with E-state index in [1.165, 1.54) is 0 Å². The minimum absolute atomic E-state index is 0.160. The Morgan fingerprint density at radius 2 is 1.81 bits per heavy atom. The molecule has 1 saturated heterocycles. The Morgan fingerprint density at radius 3 is 2.54 bits per heavy atom. The summed E-state index contributed by atoms with van der Waals surface area (Å²) in [4.78, 5) is 14.9. The monoisotopic (exact) mass is 353 g/mol. The fraction of sp³-hybridized carbons (Fsp3) is 0.381. The molecule has 1 amide bonds. The Bertz CT molecular complexity index is 855. The molecule has 0 bridgehead atoms. The van der Waals surface area contributed by atoms with Gasteiger partial charge in [0.1, 0.15) is 12.4 Å². The van der Waals surface area contributed by atoms with Crippen LogP contribution in [0.25, 0.3) is 0 Å². The number of carbonyl (C=O) groups is 1. The van der Waals surface area contributed by atoms with E-state index in [0.717, 1.165) is 33.7 Å². The minimum atomic E-state index is -1.28. The maximum atomic E-state index is 13.2. The van der Waals surface area contributed by atoms with E-state index in [0.29, 0.717) is 26.4 Å². The molecule has 0 saturated carbocycles. The van der Waals surface area contributed by atoms with Crippen molar-refractivity contribution in [3.05, 3.63) is 58.7 Å². The number of benzene rings is 2. The van der Waals surface area contributed by atoms with Crippen molar-refractivity contribution in [2.45, 2.75) is 26.6 Å². The summed E-state index contributed by atoms with van der Waals surface area (Å²) < 4.78 is 17.5. The number of aryl methyl sites for hydroxylation is 3. The van der Waals surface area contributed by atoms with E-state index in [-0.39, 0.29) is 5.91 Å². The van der Waals surface area contributed by atoms with Crippen LogP contribution < -0.4 is 9.64 Å². The normalized spacial score (nSPS) is 17.8. The van der Waals surface area contributed by atoms with Crippen molar-refractivity contribution < 1.29 is 19.0 Å². The van der Waals surface area contributed by atoms with E-state index in [4.69, 9.17) is 14.2 Å². The predicted octanol–water partition coefficient (Wildman–Crippen LogP) is 3.24. The van der Waals surface area contributed by atoms with Gasteiger partial charge in [-0.1, -0.05) is 29.8 Å².